The highest BCUT2D eigenvalue weighted by molar-refractivity contribution is 9.10. The van der Waals surface area contributed by atoms with Crippen LogP contribution in [0.5, 0.6) is 5.75 Å². The Labute approximate surface area is 118 Å². The van der Waals surface area contributed by atoms with Gasteiger partial charge in [0.1, 0.15) is 5.75 Å². The fourth-order valence-electron chi connectivity index (χ4n) is 1.33. The molecule has 0 unspecified atom stereocenters. The van der Waals surface area contributed by atoms with E-state index in [0.29, 0.717) is 10.8 Å². The number of alkyl halides is 1. The monoisotopic (exact) mass is 334 g/mol. The van der Waals surface area contributed by atoms with Crippen molar-refractivity contribution in [1.29, 1.82) is 0 Å². The Morgan fingerprint density at radius 2 is 2.11 bits per heavy atom. The van der Waals surface area contributed by atoms with Gasteiger partial charge in [0, 0.05) is 5.02 Å². The van der Waals surface area contributed by atoms with Gasteiger partial charge in [0.25, 0.3) is 0 Å². The predicted octanol–water partition coefficient (Wildman–Crippen LogP) is 2.86. The Morgan fingerprint density at radius 1 is 1.44 bits per heavy atom. The Balaban J connectivity index is 3.02. The number of halogens is 2. The van der Waals surface area contributed by atoms with Crippen molar-refractivity contribution in [3.8, 4) is 5.75 Å². The molecule has 98 valence electrons. The molecule has 0 bridgehead atoms. The molecule has 0 aliphatic heterocycles. The number of hydrogen-bond donors (Lipinski definition) is 0. The van der Waals surface area contributed by atoms with Crippen molar-refractivity contribution in [2.75, 3.05) is 13.7 Å². The van der Waals surface area contributed by atoms with E-state index >= 15 is 0 Å². The van der Waals surface area contributed by atoms with Gasteiger partial charge in [-0.15, -0.1) is 0 Å². The molecule has 0 aliphatic rings. The molecule has 1 aromatic rings. The van der Waals surface area contributed by atoms with Crippen LogP contribution in [0.15, 0.2) is 18.2 Å². The SMILES string of the molecule is CCOC(=O)[C@H](Br)C(=O)c1cc(Cl)ccc1OC. The number of esters is 1. The minimum absolute atomic E-state index is 0.209. The minimum Gasteiger partial charge on any atom is -0.496 e. The number of rotatable bonds is 5. The summed E-state index contributed by atoms with van der Waals surface area (Å²) in [7, 11) is 1.44. The normalized spacial score (nSPS) is 11.8. The summed E-state index contributed by atoms with van der Waals surface area (Å²) in [4.78, 5) is 22.5. The lowest BCUT2D eigenvalue weighted by molar-refractivity contribution is -0.141. The van der Waals surface area contributed by atoms with Crippen molar-refractivity contribution >= 4 is 39.3 Å². The Kier molecular flexibility index (Phi) is 5.62. The first-order chi connectivity index (χ1) is 8.51. The van der Waals surface area contributed by atoms with E-state index in [0.717, 1.165) is 0 Å². The van der Waals surface area contributed by atoms with Gasteiger partial charge in [0.05, 0.1) is 19.3 Å². The lowest BCUT2D eigenvalue weighted by Gasteiger charge is -2.11. The molecule has 6 heteroatoms. The molecule has 18 heavy (non-hydrogen) atoms. The average Bonchev–Trinajstić information content (AvgIpc) is 2.37. The van der Waals surface area contributed by atoms with E-state index in [1.54, 1.807) is 19.1 Å². The van der Waals surface area contributed by atoms with Crippen LogP contribution in [-0.4, -0.2) is 30.3 Å². The maximum absolute atomic E-state index is 12.1. The molecule has 0 aromatic heterocycles. The van der Waals surface area contributed by atoms with Crippen LogP contribution in [0, 0.1) is 0 Å². The number of carbonyl (C=O) groups is 2. The van der Waals surface area contributed by atoms with Gasteiger partial charge in [-0.05, 0) is 25.1 Å². The van der Waals surface area contributed by atoms with Crippen molar-refractivity contribution in [2.24, 2.45) is 0 Å². The van der Waals surface area contributed by atoms with E-state index in [9.17, 15) is 9.59 Å². The molecule has 0 N–H and O–H groups in total. The molecule has 0 amide bonds. The number of ether oxygens (including phenoxy) is 2. The number of ketones is 1. The summed E-state index contributed by atoms with van der Waals surface area (Å²) in [5, 5.41) is 0.391. The second-order valence-corrected chi connectivity index (χ2v) is 4.68. The second kappa shape index (κ2) is 6.75. The van der Waals surface area contributed by atoms with Crippen molar-refractivity contribution in [1.82, 2.24) is 0 Å². The molecule has 0 aliphatic carbocycles. The lowest BCUT2D eigenvalue weighted by Crippen LogP contribution is -2.26. The van der Waals surface area contributed by atoms with Gasteiger partial charge in [0.2, 0.25) is 0 Å². The Hall–Kier alpha value is -1.07. The lowest BCUT2D eigenvalue weighted by atomic mass is 10.1. The van der Waals surface area contributed by atoms with Crippen molar-refractivity contribution < 1.29 is 19.1 Å². The molecule has 1 aromatic carbocycles. The van der Waals surface area contributed by atoms with E-state index in [1.165, 1.54) is 13.2 Å². The molecule has 1 atom stereocenters. The standard InChI is InChI=1S/C12H12BrClO4/c1-3-18-12(16)10(13)11(15)8-6-7(14)4-5-9(8)17-2/h4-6,10H,3H2,1-2H3/t10-/m1/s1. The van der Waals surface area contributed by atoms with Gasteiger partial charge in [0.15, 0.2) is 10.6 Å². The zero-order valence-corrected chi connectivity index (χ0v) is 12.2. The van der Waals surface area contributed by atoms with E-state index in [-0.39, 0.29) is 12.2 Å². The molecule has 0 fully saturated rings. The number of Topliss-reactive ketones (excluding diaryl/α,β-unsaturated/α-hetero) is 1. The zero-order valence-electron chi connectivity index (χ0n) is 9.91. The topological polar surface area (TPSA) is 52.6 Å². The average molecular weight is 336 g/mol. The summed E-state index contributed by atoms with van der Waals surface area (Å²) in [5.74, 6) is -0.726. The van der Waals surface area contributed by atoms with Gasteiger partial charge >= 0.3 is 5.97 Å². The summed E-state index contributed by atoms with van der Waals surface area (Å²) in [5.41, 5.74) is 0.236. The molecule has 0 spiro atoms. The highest BCUT2D eigenvalue weighted by Crippen LogP contribution is 2.25. The third-order valence-electron chi connectivity index (χ3n) is 2.15. The molecule has 0 radical (unpaired) electrons. The van der Waals surface area contributed by atoms with Crippen molar-refractivity contribution in [2.45, 2.75) is 11.8 Å². The highest BCUT2D eigenvalue weighted by Gasteiger charge is 2.28. The van der Waals surface area contributed by atoms with Crippen LogP contribution in [0.1, 0.15) is 17.3 Å². The molecular weight excluding hydrogens is 323 g/mol. The van der Waals surface area contributed by atoms with Gasteiger partial charge in [-0.1, -0.05) is 27.5 Å². The quantitative estimate of drug-likeness (QED) is 0.359. The first kappa shape index (κ1) is 15.0. The van der Waals surface area contributed by atoms with E-state index in [4.69, 9.17) is 21.1 Å². The summed E-state index contributed by atoms with van der Waals surface area (Å²) < 4.78 is 9.83. The second-order valence-electron chi connectivity index (χ2n) is 3.32. The molecule has 0 heterocycles. The number of benzene rings is 1. The van der Waals surface area contributed by atoms with E-state index < -0.39 is 16.6 Å². The van der Waals surface area contributed by atoms with Crippen LogP contribution in [0.4, 0.5) is 0 Å². The number of hydrogen-bond acceptors (Lipinski definition) is 4. The fourth-order valence-corrected chi connectivity index (χ4v) is 1.88. The predicted molar refractivity (Wildman–Crippen MR) is 71.7 cm³/mol. The molecular formula is C12H12BrClO4. The minimum atomic E-state index is -1.06. The van der Waals surface area contributed by atoms with Gasteiger partial charge in [-0.2, -0.15) is 0 Å². The molecule has 4 nitrogen and oxygen atoms in total. The third-order valence-corrected chi connectivity index (χ3v) is 3.18. The number of methoxy groups -OCH3 is 1. The molecule has 1 rings (SSSR count). The Bertz CT molecular complexity index is 461. The maximum Gasteiger partial charge on any atom is 0.327 e. The van der Waals surface area contributed by atoms with Crippen LogP contribution in [0.3, 0.4) is 0 Å². The third kappa shape index (κ3) is 3.46. The first-order valence-corrected chi connectivity index (χ1v) is 6.49. The van der Waals surface area contributed by atoms with Crippen molar-refractivity contribution in [3.05, 3.63) is 28.8 Å². The van der Waals surface area contributed by atoms with Crippen LogP contribution < -0.4 is 4.74 Å². The molecule has 0 saturated heterocycles. The van der Waals surface area contributed by atoms with Gasteiger partial charge in [-0.25, -0.2) is 0 Å². The van der Waals surface area contributed by atoms with Crippen molar-refractivity contribution in [3.63, 3.8) is 0 Å². The largest absolute Gasteiger partial charge is 0.496 e. The number of carbonyl (C=O) groups excluding carboxylic acids is 2. The summed E-state index contributed by atoms with van der Waals surface area (Å²) in [6.07, 6.45) is 0. The van der Waals surface area contributed by atoms with Crippen LogP contribution in [0.2, 0.25) is 5.02 Å². The summed E-state index contributed by atoms with van der Waals surface area (Å²) in [6.45, 7) is 1.88. The Morgan fingerprint density at radius 3 is 2.67 bits per heavy atom. The fraction of sp³-hybridized carbons (Fsp3) is 0.333. The maximum atomic E-state index is 12.1. The summed E-state index contributed by atoms with van der Waals surface area (Å²) in [6, 6.07) is 4.63. The van der Waals surface area contributed by atoms with E-state index in [2.05, 4.69) is 15.9 Å². The van der Waals surface area contributed by atoms with Gasteiger partial charge < -0.3 is 9.47 Å². The molecule has 0 saturated carbocycles. The summed E-state index contributed by atoms with van der Waals surface area (Å²) >= 11 is 8.84. The van der Waals surface area contributed by atoms with E-state index in [1.807, 2.05) is 0 Å². The first-order valence-electron chi connectivity index (χ1n) is 5.19. The zero-order chi connectivity index (χ0) is 13.7. The van der Waals surface area contributed by atoms with Gasteiger partial charge in [-0.3, -0.25) is 9.59 Å². The van der Waals surface area contributed by atoms with Crippen LogP contribution in [0.25, 0.3) is 0 Å². The smallest absolute Gasteiger partial charge is 0.327 e. The van der Waals surface area contributed by atoms with Crippen LogP contribution in [-0.2, 0) is 9.53 Å². The highest BCUT2D eigenvalue weighted by atomic mass is 79.9. The van der Waals surface area contributed by atoms with Crippen LogP contribution >= 0.6 is 27.5 Å².